The molecule has 0 bridgehead atoms. The van der Waals surface area contributed by atoms with Crippen LogP contribution in [0.25, 0.3) is 22.3 Å². The highest BCUT2D eigenvalue weighted by Crippen LogP contribution is 2.32. The van der Waals surface area contributed by atoms with E-state index < -0.39 is 0 Å². The van der Waals surface area contributed by atoms with E-state index in [9.17, 15) is 4.39 Å². The van der Waals surface area contributed by atoms with E-state index in [0.29, 0.717) is 32.7 Å². The van der Waals surface area contributed by atoms with Crippen molar-refractivity contribution in [2.45, 2.75) is 23.7 Å². The molecule has 26 heavy (non-hydrogen) atoms. The Morgan fingerprint density at radius 3 is 2.65 bits per heavy atom. The zero-order chi connectivity index (χ0) is 18.1. The van der Waals surface area contributed by atoms with Crippen molar-refractivity contribution in [3.63, 3.8) is 0 Å². The van der Waals surface area contributed by atoms with Gasteiger partial charge in [0, 0.05) is 22.5 Å². The third-order valence-corrected chi connectivity index (χ3v) is 5.14. The van der Waals surface area contributed by atoms with Crippen molar-refractivity contribution in [3.8, 4) is 11.4 Å². The van der Waals surface area contributed by atoms with E-state index >= 15 is 0 Å². The van der Waals surface area contributed by atoms with Crippen LogP contribution in [-0.2, 0) is 6.54 Å². The second-order valence-electron chi connectivity index (χ2n) is 5.50. The smallest absolute Gasteiger partial charge is 0.197 e. The van der Waals surface area contributed by atoms with Crippen LogP contribution in [0.5, 0.6) is 0 Å². The molecular weight excluding hydrogens is 373 g/mol. The molecule has 4 rings (SSSR count). The Kier molecular flexibility index (Phi) is 4.57. The lowest BCUT2D eigenvalue weighted by molar-refractivity contribution is 0.629. The van der Waals surface area contributed by atoms with Crippen LogP contribution in [0.1, 0.15) is 6.92 Å². The van der Waals surface area contributed by atoms with E-state index in [4.69, 9.17) is 11.6 Å². The van der Waals surface area contributed by atoms with Crippen molar-refractivity contribution in [1.29, 1.82) is 0 Å². The zero-order valence-electron chi connectivity index (χ0n) is 13.7. The fraction of sp³-hybridized carbons (Fsp3) is 0.111. The topological polar surface area (TPSA) is 56.5 Å². The zero-order valence-corrected chi connectivity index (χ0v) is 15.3. The maximum absolute atomic E-state index is 13.7. The van der Waals surface area contributed by atoms with E-state index in [-0.39, 0.29) is 5.82 Å². The molecule has 0 radical (unpaired) electrons. The SMILES string of the molecule is CCn1c(Sc2ncnc3ccc(F)cc23)nnc1-c1ccc(Cl)cc1. The summed E-state index contributed by atoms with van der Waals surface area (Å²) in [6.07, 6.45) is 1.47. The van der Waals surface area contributed by atoms with Gasteiger partial charge in [0.1, 0.15) is 17.2 Å². The van der Waals surface area contributed by atoms with Crippen LogP contribution in [0.2, 0.25) is 5.02 Å². The third-order valence-electron chi connectivity index (χ3n) is 3.88. The fourth-order valence-electron chi connectivity index (χ4n) is 2.63. The van der Waals surface area contributed by atoms with Gasteiger partial charge in [-0.3, -0.25) is 0 Å². The first-order valence-electron chi connectivity index (χ1n) is 7.93. The lowest BCUT2D eigenvalue weighted by Crippen LogP contribution is -2.00. The summed E-state index contributed by atoms with van der Waals surface area (Å²) >= 11 is 7.30. The lowest BCUT2D eigenvalue weighted by Gasteiger charge is -2.08. The van der Waals surface area contributed by atoms with Crippen LogP contribution in [-0.4, -0.2) is 24.7 Å². The van der Waals surface area contributed by atoms with E-state index in [2.05, 4.69) is 20.2 Å². The van der Waals surface area contributed by atoms with Gasteiger partial charge >= 0.3 is 0 Å². The van der Waals surface area contributed by atoms with Gasteiger partial charge in [0.15, 0.2) is 11.0 Å². The van der Waals surface area contributed by atoms with Crippen molar-refractivity contribution < 1.29 is 4.39 Å². The summed E-state index contributed by atoms with van der Waals surface area (Å²) in [5.41, 5.74) is 1.61. The minimum atomic E-state index is -0.326. The number of halogens is 2. The molecule has 0 aliphatic carbocycles. The van der Waals surface area contributed by atoms with Gasteiger partial charge in [-0.1, -0.05) is 11.6 Å². The highest BCUT2D eigenvalue weighted by Gasteiger charge is 2.16. The Balaban J connectivity index is 1.76. The standard InChI is InChI=1S/C18H13ClFN5S/c1-2-25-16(11-3-5-12(19)6-4-11)23-24-18(25)26-17-14-9-13(20)7-8-15(14)21-10-22-17/h3-10H,2H2,1H3. The molecular formula is C18H13ClFN5S. The summed E-state index contributed by atoms with van der Waals surface area (Å²) < 4.78 is 15.6. The number of hydrogen-bond donors (Lipinski definition) is 0. The Hall–Kier alpha value is -2.51. The Bertz CT molecular complexity index is 1080. The van der Waals surface area contributed by atoms with Crippen LogP contribution >= 0.6 is 23.4 Å². The van der Waals surface area contributed by atoms with Crippen molar-refractivity contribution >= 4 is 34.3 Å². The van der Waals surface area contributed by atoms with Crippen LogP contribution in [0.3, 0.4) is 0 Å². The first kappa shape index (κ1) is 16.9. The quantitative estimate of drug-likeness (QED) is 0.470. The van der Waals surface area contributed by atoms with E-state index in [0.717, 1.165) is 11.4 Å². The number of fused-ring (bicyclic) bond motifs is 1. The van der Waals surface area contributed by atoms with Gasteiger partial charge in [-0.15, -0.1) is 10.2 Å². The normalized spacial score (nSPS) is 11.2. The maximum Gasteiger partial charge on any atom is 0.197 e. The minimum absolute atomic E-state index is 0.326. The Labute approximate surface area is 158 Å². The molecule has 2 heterocycles. The van der Waals surface area contributed by atoms with Crippen molar-refractivity contribution in [2.24, 2.45) is 0 Å². The summed E-state index contributed by atoms with van der Waals surface area (Å²) in [7, 11) is 0. The van der Waals surface area contributed by atoms with Crippen LogP contribution in [0.4, 0.5) is 4.39 Å². The highest BCUT2D eigenvalue weighted by molar-refractivity contribution is 7.99. The lowest BCUT2D eigenvalue weighted by atomic mass is 10.2. The average molecular weight is 386 g/mol. The molecule has 5 nitrogen and oxygen atoms in total. The third kappa shape index (κ3) is 3.15. The molecule has 0 aliphatic heterocycles. The van der Waals surface area contributed by atoms with E-state index in [1.54, 1.807) is 6.07 Å². The van der Waals surface area contributed by atoms with Gasteiger partial charge in [0.25, 0.3) is 0 Å². The molecule has 0 unspecified atom stereocenters. The molecule has 0 fully saturated rings. The number of benzene rings is 2. The molecule has 0 amide bonds. The minimum Gasteiger partial charge on any atom is -0.302 e. The van der Waals surface area contributed by atoms with Gasteiger partial charge in [-0.2, -0.15) is 0 Å². The largest absolute Gasteiger partial charge is 0.302 e. The van der Waals surface area contributed by atoms with Crippen LogP contribution in [0.15, 0.2) is 59.0 Å². The summed E-state index contributed by atoms with van der Waals surface area (Å²) in [5, 5.41) is 11.2. The number of rotatable bonds is 4. The first-order valence-corrected chi connectivity index (χ1v) is 9.12. The highest BCUT2D eigenvalue weighted by atomic mass is 35.5. The predicted molar refractivity (Wildman–Crippen MR) is 99.8 cm³/mol. The molecule has 2 aromatic heterocycles. The molecule has 8 heteroatoms. The Morgan fingerprint density at radius 1 is 1.08 bits per heavy atom. The Morgan fingerprint density at radius 2 is 1.88 bits per heavy atom. The summed E-state index contributed by atoms with van der Waals surface area (Å²) in [6.45, 7) is 2.70. The van der Waals surface area contributed by atoms with Crippen molar-refractivity contribution in [3.05, 3.63) is 59.6 Å². The number of nitrogens with zero attached hydrogens (tertiary/aromatic N) is 5. The van der Waals surface area contributed by atoms with Gasteiger partial charge in [0.2, 0.25) is 0 Å². The molecule has 0 atom stereocenters. The molecule has 2 aromatic carbocycles. The summed E-state index contributed by atoms with van der Waals surface area (Å²) in [4.78, 5) is 8.48. The number of aromatic nitrogens is 5. The monoisotopic (exact) mass is 385 g/mol. The molecule has 0 N–H and O–H groups in total. The molecule has 0 aliphatic rings. The molecule has 0 saturated carbocycles. The maximum atomic E-state index is 13.7. The van der Waals surface area contributed by atoms with E-state index in [1.807, 2.05) is 35.8 Å². The van der Waals surface area contributed by atoms with Crippen molar-refractivity contribution in [1.82, 2.24) is 24.7 Å². The van der Waals surface area contributed by atoms with E-state index in [1.165, 1.54) is 30.2 Å². The second-order valence-corrected chi connectivity index (χ2v) is 6.89. The summed E-state index contributed by atoms with van der Waals surface area (Å²) in [6, 6.07) is 11.9. The van der Waals surface area contributed by atoms with Gasteiger partial charge < -0.3 is 4.57 Å². The van der Waals surface area contributed by atoms with Gasteiger partial charge in [0.05, 0.1) is 5.52 Å². The average Bonchev–Trinajstić information content (AvgIpc) is 3.05. The molecule has 0 spiro atoms. The summed E-state index contributed by atoms with van der Waals surface area (Å²) in [5.74, 6) is 0.421. The molecule has 4 aromatic rings. The van der Waals surface area contributed by atoms with Crippen LogP contribution in [0, 0.1) is 5.82 Å². The number of hydrogen-bond acceptors (Lipinski definition) is 5. The van der Waals surface area contributed by atoms with Crippen LogP contribution < -0.4 is 0 Å². The fourth-order valence-corrected chi connectivity index (χ4v) is 3.71. The van der Waals surface area contributed by atoms with Gasteiger partial charge in [-0.25, -0.2) is 14.4 Å². The molecule has 0 saturated heterocycles. The van der Waals surface area contributed by atoms with Gasteiger partial charge in [-0.05, 0) is 61.2 Å². The predicted octanol–water partition coefficient (Wildman–Crippen LogP) is 4.85. The first-order chi connectivity index (χ1) is 12.7. The molecule has 130 valence electrons. The second kappa shape index (κ2) is 7.01. The van der Waals surface area contributed by atoms with Crippen molar-refractivity contribution in [2.75, 3.05) is 0 Å².